The highest BCUT2D eigenvalue weighted by Gasteiger charge is 2.21. The van der Waals surface area contributed by atoms with Gasteiger partial charge in [-0.05, 0) is 18.6 Å². The fourth-order valence-corrected chi connectivity index (χ4v) is 2.06. The van der Waals surface area contributed by atoms with Crippen LogP contribution >= 0.6 is 22.9 Å². The number of nitrogens with one attached hydrogen (secondary N) is 1. The predicted octanol–water partition coefficient (Wildman–Crippen LogP) is 3.20. The van der Waals surface area contributed by atoms with Crippen molar-refractivity contribution >= 4 is 40.0 Å². The zero-order valence-corrected chi connectivity index (χ0v) is 10.7. The molecule has 1 atom stereocenters. The van der Waals surface area contributed by atoms with E-state index in [1.165, 1.54) is 11.3 Å². The summed E-state index contributed by atoms with van der Waals surface area (Å²) in [7, 11) is 0. The Morgan fingerprint density at radius 1 is 1.59 bits per heavy atom. The number of thiophene rings is 1. The molecule has 5 nitrogen and oxygen atoms in total. The Bertz CT molecular complexity index is 407. The topological polar surface area (TPSA) is 75.6 Å². The van der Waals surface area contributed by atoms with Gasteiger partial charge in [0, 0.05) is 0 Å². The molecule has 0 saturated carbocycles. The number of carboxylic acid groups (broad SMARTS) is 1. The number of carboxylic acids is 1. The number of carbonyl (C=O) groups excluding carboxylic acids is 1. The highest BCUT2D eigenvalue weighted by Crippen LogP contribution is 2.26. The van der Waals surface area contributed by atoms with Crippen molar-refractivity contribution in [3.8, 4) is 0 Å². The molecular formula is C10H12ClNO4S. The number of halogens is 1. The third-order valence-electron chi connectivity index (χ3n) is 1.87. The van der Waals surface area contributed by atoms with Crippen LogP contribution in [-0.2, 0) is 9.53 Å². The van der Waals surface area contributed by atoms with Crippen molar-refractivity contribution in [3.63, 3.8) is 0 Å². The quantitative estimate of drug-likeness (QED) is 0.866. The van der Waals surface area contributed by atoms with Gasteiger partial charge in [-0.3, -0.25) is 5.32 Å². The Labute approximate surface area is 107 Å². The van der Waals surface area contributed by atoms with E-state index in [-0.39, 0.29) is 6.42 Å². The number of rotatable bonds is 5. The van der Waals surface area contributed by atoms with E-state index in [1.807, 2.05) is 6.92 Å². The van der Waals surface area contributed by atoms with Crippen molar-refractivity contribution in [3.05, 3.63) is 16.5 Å². The minimum Gasteiger partial charge on any atom is -0.479 e. The van der Waals surface area contributed by atoms with Crippen molar-refractivity contribution in [2.75, 3.05) is 5.32 Å². The predicted molar refractivity (Wildman–Crippen MR) is 65.8 cm³/mol. The molecule has 0 aromatic carbocycles. The first-order chi connectivity index (χ1) is 8.02. The van der Waals surface area contributed by atoms with Crippen LogP contribution in [0.15, 0.2) is 12.1 Å². The number of carbonyl (C=O) groups is 2. The zero-order valence-electron chi connectivity index (χ0n) is 9.10. The summed E-state index contributed by atoms with van der Waals surface area (Å²) in [6.45, 7) is 1.82. The summed E-state index contributed by atoms with van der Waals surface area (Å²) in [6.07, 6.45) is -0.997. The van der Waals surface area contributed by atoms with Crippen molar-refractivity contribution in [2.45, 2.75) is 25.9 Å². The van der Waals surface area contributed by atoms with E-state index in [2.05, 4.69) is 5.32 Å². The third kappa shape index (κ3) is 4.62. The highest BCUT2D eigenvalue weighted by molar-refractivity contribution is 7.20. The molecular weight excluding hydrogens is 266 g/mol. The summed E-state index contributed by atoms with van der Waals surface area (Å²) in [4.78, 5) is 22.1. The van der Waals surface area contributed by atoms with Crippen molar-refractivity contribution < 1.29 is 19.4 Å². The smallest absolute Gasteiger partial charge is 0.413 e. The van der Waals surface area contributed by atoms with Gasteiger partial charge in [0.15, 0.2) is 0 Å². The van der Waals surface area contributed by atoms with Crippen molar-refractivity contribution in [1.29, 1.82) is 0 Å². The van der Waals surface area contributed by atoms with Gasteiger partial charge in [0.2, 0.25) is 6.10 Å². The second kappa shape index (κ2) is 6.46. The lowest BCUT2D eigenvalue weighted by Gasteiger charge is -2.12. The van der Waals surface area contributed by atoms with E-state index in [0.29, 0.717) is 15.8 Å². The summed E-state index contributed by atoms with van der Waals surface area (Å²) in [6, 6.07) is 3.24. The maximum Gasteiger partial charge on any atom is 0.413 e. The van der Waals surface area contributed by atoms with Gasteiger partial charge in [-0.15, -0.1) is 11.3 Å². The summed E-state index contributed by atoms with van der Waals surface area (Å²) in [5.74, 6) is -1.15. The lowest BCUT2D eigenvalue weighted by Crippen LogP contribution is -2.29. The fourth-order valence-electron chi connectivity index (χ4n) is 1.14. The standard InChI is InChI=1S/C10H12ClNO4S/c1-2-3-6(9(13)14)16-10(15)12-8-5-4-7(11)17-8/h4-6H,2-3H2,1H3,(H,12,15)(H,13,14). The Kier molecular flexibility index (Phi) is 5.24. The molecule has 1 aromatic heterocycles. The number of anilines is 1. The van der Waals surface area contributed by atoms with Gasteiger partial charge in [0.05, 0.1) is 9.34 Å². The minimum absolute atomic E-state index is 0.286. The lowest BCUT2D eigenvalue weighted by atomic mass is 10.2. The molecule has 0 fully saturated rings. The Morgan fingerprint density at radius 2 is 2.29 bits per heavy atom. The molecule has 1 rings (SSSR count). The first-order valence-electron chi connectivity index (χ1n) is 4.98. The maximum absolute atomic E-state index is 11.4. The van der Waals surface area contributed by atoms with Gasteiger partial charge < -0.3 is 9.84 Å². The van der Waals surface area contributed by atoms with Gasteiger partial charge in [0.25, 0.3) is 0 Å². The molecule has 1 heterocycles. The third-order valence-corrected chi connectivity index (χ3v) is 3.02. The van der Waals surface area contributed by atoms with Crippen LogP contribution in [0.1, 0.15) is 19.8 Å². The summed E-state index contributed by atoms with van der Waals surface area (Å²) >= 11 is 6.85. The van der Waals surface area contributed by atoms with Crippen LogP contribution in [0.5, 0.6) is 0 Å². The first kappa shape index (κ1) is 13.8. The highest BCUT2D eigenvalue weighted by atomic mass is 35.5. The van der Waals surface area contributed by atoms with E-state index in [4.69, 9.17) is 21.4 Å². The van der Waals surface area contributed by atoms with Gasteiger partial charge in [-0.2, -0.15) is 0 Å². The summed E-state index contributed by atoms with van der Waals surface area (Å²) < 4.78 is 5.31. The van der Waals surface area contributed by atoms with E-state index < -0.39 is 18.2 Å². The van der Waals surface area contributed by atoms with Gasteiger partial charge in [-0.1, -0.05) is 24.9 Å². The van der Waals surface area contributed by atoms with Crippen molar-refractivity contribution in [1.82, 2.24) is 0 Å². The number of hydrogen-bond acceptors (Lipinski definition) is 4. The van der Waals surface area contributed by atoms with Crippen LogP contribution in [0.2, 0.25) is 4.34 Å². The second-order valence-corrected chi connectivity index (χ2v) is 4.96. The van der Waals surface area contributed by atoms with E-state index in [0.717, 1.165) is 0 Å². The molecule has 0 aliphatic carbocycles. The zero-order chi connectivity index (χ0) is 12.8. The number of ether oxygens (including phenoxy) is 1. The van der Waals surface area contributed by atoms with Crippen LogP contribution < -0.4 is 5.32 Å². The van der Waals surface area contributed by atoms with Crippen LogP contribution in [-0.4, -0.2) is 23.3 Å². The van der Waals surface area contributed by atoms with Crippen LogP contribution in [0.3, 0.4) is 0 Å². The van der Waals surface area contributed by atoms with Gasteiger partial charge in [-0.25, -0.2) is 9.59 Å². The average Bonchev–Trinajstić information content (AvgIpc) is 2.63. The van der Waals surface area contributed by atoms with Crippen molar-refractivity contribution in [2.24, 2.45) is 0 Å². The molecule has 17 heavy (non-hydrogen) atoms. The molecule has 0 radical (unpaired) electrons. The SMILES string of the molecule is CCCC(OC(=O)Nc1ccc(Cl)s1)C(=O)O. The Balaban J connectivity index is 2.50. The molecule has 2 N–H and O–H groups in total. The number of hydrogen-bond donors (Lipinski definition) is 2. The molecule has 7 heteroatoms. The summed E-state index contributed by atoms with van der Waals surface area (Å²) in [5.41, 5.74) is 0. The van der Waals surface area contributed by atoms with E-state index in [9.17, 15) is 9.59 Å². The molecule has 0 saturated heterocycles. The Morgan fingerprint density at radius 3 is 2.76 bits per heavy atom. The molecule has 0 aliphatic rings. The fraction of sp³-hybridized carbons (Fsp3) is 0.400. The molecule has 0 bridgehead atoms. The molecule has 1 aromatic rings. The molecule has 1 unspecified atom stereocenters. The largest absolute Gasteiger partial charge is 0.479 e. The molecule has 94 valence electrons. The summed E-state index contributed by atoms with van der Waals surface area (Å²) in [5, 5.41) is 11.7. The lowest BCUT2D eigenvalue weighted by molar-refractivity contribution is -0.146. The van der Waals surface area contributed by atoms with Crippen LogP contribution in [0, 0.1) is 0 Å². The normalized spacial score (nSPS) is 11.9. The second-order valence-electron chi connectivity index (χ2n) is 3.25. The molecule has 1 amide bonds. The van der Waals surface area contributed by atoms with E-state index >= 15 is 0 Å². The first-order valence-corrected chi connectivity index (χ1v) is 6.18. The van der Waals surface area contributed by atoms with E-state index in [1.54, 1.807) is 12.1 Å². The molecule has 0 spiro atoms. The molecule has 0 aliphatic heterocycles. The maximum atomic E-state index is 11.4. The monoisotopic (exact) mass is 277 g/mol. The number of aliphatic carboxylic acids is 1. The van der Waals surface area contributed by atoms with Crippen LogP contribution in [0.25, 0.3) is 0 Å². The Hall–Kier alpha value is -1.27. The number of amides is 1. The van der Waals surface area contributed by atoms with Gasteiger partial charge >= 0.3 is 12.1 Å². The minimum atomic E-state index is -1.15. The average molecular weight is 278 g/mol. The van der Waals surface area contributed by atoms with Gasteiger partial charge in [0.1, 0.15) is 0 Å². The van der Waals surface area contributed by atoms with Crippen LogP contribution in [0.4, 0.5) is 9.80 Å².